The van der Waals surface area contributed by atoms with Crippen LogP contribution in [-0.4, -0.2) is 5.11 Å². The number of nitrogens with zero attached hydrogens (tertiary/aromatic N) is 2. The summed E-state index contributed by atoms with van der Waals surface area (Å²) < 4.78 is 1.13. The highest BCUT2D eigenvalue weighted by Crippen LogP contribution is 2.30. The average molecular weight is 359 g/mol. The van der Waals surface area contributed by atoms with Gasteiger partial charge in [0.15, 0.2) is 0 Å². The van der Waals surface area contributed by atoms with Crippen LogP contribution in [0, 0.1) is 3.57 Å². The van der Waals surface area contributed by atoms with Crippen LogP contribution in [0.2, 0.25) is 5.02 Å². The molecule has 0 aliphatic rings. The van der Waals surface area contributed by atoms with Gasteiger partial charge in [0.05, 0.1) is 5.69 Å². The first kappa shape index (κ1) is 12.3. The van der Waals surface area contributed by atoms with Crippen LogP contribution < -0.4 is 0 Å². The Hall–Kier alpha value is -1.14. The molecule has 2 aromatic carbocycles. The fourth-order valence-corrected chi connectivity index (χ4v) is 1.72. The minimum absolute atomic E-state index is 0.0589. The van der Waals surface area contributed by atoms with Crippen molar-refractivity contribution in [2.45, 2.75) is 0 Å². The first-order valence-corrected chi connectivity index (χ1v) is 6.26. The Labute approximate surface area is 117 Å². The van der Waals surface area contributed by atoms with Crippen LogP contribution in [0.25, 0.3) is 0 Å². The SMILES string of the molecule is Oc1ccc(Cl)cc1N=Nc1ccc(I)cc1. The molecule has 0 atom stereocenters. The maximum Gasteiger partial charge on any atom is 0.143 e. The molecule has 0 bridgehead atoms. The summed E-state index contributed by atoms with van der Waals surface area (Å²) in [5, 5.41) is 18.0. The third kappa shape index (κ3) is 3.41. The van der Waals surface area contributed by atoms with Crippen molar-refractivity contribution in [3.63, 3.8) is 0 Å². The number of phenols is 1. The number of halogens is 2. The van der Waals surface area contributed by atoms with Gasteiger partial charge in [-0.1, -0.05) is 11.6 Å². The fourth-order valence-electron chi connectivity index (χ4n) is 1.20. The van der Waals surface area contributed by atoms with Gasteiger partial charge in [-0.2, -0.15) is 5.11 Å². The number of benzene rings is 2. The van der Waals surface area contributed by atoms with Gasteiger partial charge in [-0.15, -0.1) is 5.11 Å². The summed E-state index contributed by atoms with van der Waals surface area (Å²) >= 11 is 8.02. The predicted molar refractivity (Wildman–Crippen MR) is 76.5 cm³/mol. The number of hydrogen-bond donors (Lipinski definition) is 1. The smallest absolute Gasteiger partial charge is 0.143 e. The average Bonchev–Trinajstić information content (AvgIpc) is 2.32. The predicted octanol–water partition coefficient (Wildman–Crippen LogP) is 5.07. The van der Waals surface area contributed by atoms with Crippen molar-refractivity contribution < 1.29 is 5.11 Å². The second-order valence-electron chi connectivity index (χ2n) is 3.31. The van der Waals surface area contributed by atoms with E-state index in [4.69, 9.17) is 11.6 Å². The van der Waals surface area contributed by atoms with E-state index in [1.165, 1.54) is 6.07 Å². The zero-order valence-corrected chi connectivity index (χ0v) is 11.6. The minimum atomic E-state index is 0.0589. The molecular formula is C12H8ClIN2O. The Morgan fingerprint density at radius 1 is 1.00 bits per heavy atom. The normalized spacial score (nSPS) is 10.9. The van der Waals surface area contributed by atoms with Gasteiger partial charge < -0.3 is 5.11 Å². The second-order valence-corrected chi connectivity index (χ2v) is 4.99. The molecule has 0 saturated heterocycles. The summed E-state index contributed by atoms with van der Waals surface area (Å²) in [5.41, 5.74) is 1.08. The first-order chi connectivity index (χ1) is 8.15. The lowest BCUT2D eigenvalue weighted by Gasteiger charge is -1.98. The maximum absolute atomic E-state index is 9.54. The maximum atomic E-state index is 9.54. The Balaban J connectivity index is 2.25. The van der Waals surface area contributed by atoms with Crippen molar-refractivity contribution in [1.29, 1.82) is 0 Å². The van der Waals surface area contributed by atoms with E-state index in [2.05, 4.69) is 32.8 Å². The third-order valence-electron chi connectivity index (χ3n) is 2.04. The van der Waals surface area contributed by atoms with Crippen LogP contribution in [-0.2, 0) is 0 Å². The summed E-state index contributed by atoms with van der Waals surface area (Å²) in [6, 6.07) is 12.2. The molecule has 2 aromatic rings. The van der Waals surface area contributed by atoms with E-state index in [0.717, 1.165) is 9.26 Å². The monoisotopic (exact) mass is 358 g/mol. The Morgan fingerprint density at radius 3 is 2.41 bits per heavy atom. The molecule has 2 rings (SSSR count). The van der Waals surface area contributed by atoms with Gasteiger partial charge in [0.25, 0.3) is 0 Å². The van der Waals surface area contributed by atoms with E-state index in [1.54, 1.807) is 12.1 Å². The summed E-state index contributed by atoms with van der Waals surface area (Å²) in [6.45, 7) is 0. The highest BCUT2D eigenvalue weighted by molar-refractivity contribution is 14.1. The minimum Gasteiger partial charge on any atom is -0.506 e. The van der Waals surface area contributed by atoms with Crippen molar-refractivity contribution in [1.82, 2.24) is 0 Å². The van der Waals surface area contributed by atoms with Crippen molar-refractivity contribution in [3.05, 3.63) is 51.1 Å². The van der Waals surface area contributed by atoms with E-state index in [0.29, 0.717) is 10.7 Å². The largest absolute Gasteiger partial charge is 0.506 e. The van der Waals surface area contributed by atoms with Crippen molar-refractivity contribution >= 4 is 45.6 Å². The standard InChI is InChI=1S/C12H8ClIN2O/c13-8-1-6-12(17)11(7-8)16-15-10-4-2-9(14)3-5-10/h1-7,17H. The Kier molecular flexibility index (Phi) is 3.96. The third-order valence-corrected chi connectivity index (χ3v) is 2.99. The number of phenolic OH excluding ortho intramolecular Hbond substituents is 1. The molecule has 17 heavy (non-hydrogen) atoms. The number of aromatic hydroxyl groups is 1. The molecule has 0 saturated carbocycles. The molecule has 0 unspecified atom stereocenters. The molecule has 86 valence electrons. The number of azo groups is 1. The van der Waals surface area contributed by atoms with Gasteiger partial charge in [-0.05, 0) is 65.1 Å². The molecule has 3 nitrogen and oxygen atoms in total. The van der Waals surface area contributed by atoms with Gasteiger partial charge in [-0.3, -0.25) is 0 Å². The van der Waals surface area contributed by atoms with Crippen molar-refractivity contribution in [2.75, 3.05) is 0 Å². The van der Waals surface area contributed by atoms with E-state index < -0.39 is 0 Å². The molecule has 0 fully saturated rings. The van der Waals surface area contributed by atoms with Crippen LogP contribution in [0.15, 0.2) is 52.7 Å². The van der Waals surface area contributed by atoms with Crippen LogP contribution in [0.3, 0.4) is 0 Å². The lowest BCUT2D eigenvalue weighted by atomic mass is 10.3. The molecule has 0 spiro atoms. The Morgan fingerprint density at radius 2 is 1.71 bits per heavy atom. The second kappa shape index (κ2) is 5.46. The fraction of sp³-hybridized carbons (Fsp3) is 0. The number of rotatable bonds is 2. The summed E-state index contributed by atoms with van der Waals surface area (Å²) in [6.07, 6.45) is 0. The Bertz CT molecular complexity index is 555. The summed E-state index contributed by atoms with van der Waals surface area (Å²) in [4.78, 5) is 0. The highest BCUT2D eigenvalue weighted by Gasteiger charge is 2.00. The lowest BCUT2D eigenvalue weighted by molar-refractivity contribution is 0.476. The van der Waals surface area contributed by atoms with Gasteiger partial charge in [-0.25, -0.2) is 0 Å². The van der Waals surface area contributed by atoms with E-state index in [9.17, 15) is 5.11 Å². The summed E-state index contributed by atoms with van der Waals surface area (Å²) in [5.74, 6) is 0.0589. The van der Waals surface area contributed by atoms with Crippen LogP contribution in [0.5, 0.6) is 5.75 Å². The first-order valence-electron chi connectivity index (χ1n) is 4.81. The quantitative estimate of drug-likeness (QED) is 0.591. The van der Waals surface area contributed by atoms with Crippen molar-refractivity contribution in [3.8, 4) is 5.75 Å². The lowest BCUT2D eigenvalue weighted by Crippen LogP contribution is -1.70. The molecule has 0 aromatic heterocycles. The summed E-state index contributed by atoms with van der Waals surface area (Å²) in [7, 11) is 0. The van der Waals surface area contributed by atoms with E-state index in [1.807, 2.05) is 24.3 Å². The van der Waals surface area contributed by atoms with Crippen LogP contribution in [0.1, 0.15) is 0 Å². The topological polar surface area (TPSA) is 45.0 Å². The molecule has 5 heteroatoms. The zero-order valence-electron chi connectivity index (χ0n) is 8.64. The van der Waals surface area contributed by atoms with Crippen LogP contribution in [0.4, 0.5) is 11.4 Å². The zero-order chi connectivity index (χ0) is 12.3. The molecular weight excluding hydrogens is 351 g/mol. The number of hydrogen-bond acceptors (Lipinski definition) is 3. The molecule has 0 amide bonds. The molecule has 0 radical (unpaired) electrons. The van der Waals surface area contributed by atoms with E-state index in [-0.39, 0.29) is 5.75 Å². The van der Waals surface area contributed by atoms with Gasteiger partial charge in [0.2, 0.25) is 0 Å². The van der Waals surface area contributed by atoms with Crippen molar-refractivity contribution in [2.24, 2.45) is 10.2 Å². The van der Waals surface area contributed by atoms with E-state index >= 15 is 0 Å². The molecule has 0 aliphatic carbocycles. The van der Waals surface area contributed by atoms with Gasteiger partial charge in [0.1, 0.15) is 11.4 Å². The van der Waals surface area contributed by atoms with Gasteiger partial charge in [0, 0.05) is 8.59 Å². The molecule has 0 heterocycles. The molecule has 0 aliphatic heterocycles. The molecule has 1 N–H and O–H groups in total. The van der Waals surface area contributed by atoms with Gasteiger partial charge >= 0.3 is 0 Å². The highest BCUT2D eigenvalue weighted by atomic mass is 127. The van der Waals surface area contributed by atoms with Crippen LogP contribution >= 0.6 is 34.2 Å².